The second-order valence-electron chi connectivity index (χ2n) is 7.60. The van der Waals surface area contributed by atoms with Crippen molar-refractivity contribution in [2.24, 2.45) is 0 Å². The van der Waals surface area contributed by atoms with Crippen LogP contribution in [0, 0.1) is 6.92 Å². The van der Waals surface area contributed by atoms with Crippen molar-refractivity contribution in [3.63, 3.8) is 0 Å². The van der Waals surface area contributed by atoms with E-state index in [2.05, 4.69) is 29.1 Å². The molecule has 1 unspecified atom stereocenters. The summed E-state index contributed by atoms with van der Waals surface area (Å²) in [5, 5.41) is 14.6. The molecule has 1 aliphatic rings. The summed E-state index contributed by atoms with van der Waals surface area (Å²) in [6.07, 6.45) is 1.52. The lowest BCUT2D eigenvalue weighted by Gasteiger charge is -2.24. The van der Waals surface area contributed by atoms with Gasteiger partial charge in [-0.25, -0.2) is 0 Å². The summed E-state index contributed by atoms with van der Waals surface area (Å²) in [5.41, 5.74) is 4.67. The third-order valence-corrected chi connectivity index (χ3v) is 5.14. The molecular weight excluding hydrogens is 366 g/mol. The molecule has 0 amide bonds. The van der Waals surface area contributed by atoms with Crippen molar-refractivity contribution >= 4 is 0 Å². The first-order valence-electron chi connectivity index (χ1n) is 9.92. The number of aliphatic hydroxyl groups is 1. The van der Waals surface area contributed by atoms with Crippen molar-refractivity contribution in [1.82, 2.24) is 14.7 Å². The van der Waals surface area contributed by atoms with E-state index < -0.39 is 6.10 Å². The molecule has 0 bridgehead atoms. The number of aromatic nitrogens is 2. The van der Waals surface area contributed by atoms with E-state index in [1.807, 2.05) is 54.2 Å². The zero-order valence-electron chi connectivity index (χ0n) is 16.9. The molecule has 1 aliphatic heterocycles. The van der Waals surface area contributed by atoms with Crippen LogP contribution in [-0.2, 0) is 19.6 Å². The first kappa shape index (κ1) is 19.5. The van der Waals surface area contributed by atoms with E-state index in [4.69, 9.17) is 9.47 Å². The van der Waals surface area contributed by atoms with Crippen LogP contribution in [-0.4, -0.2) is 39.2 Å². The Kier molecular flexibility index (Phi) is 5.83. The molecule has 1 aromatic heterocycles. The fraction of sp³-hybridized carbons (Fsp3) is 0.348. The Hall–Kier alpha value is -2.83. The predicted octanol–water partition coefficient (Wildman–Crippen LogP) is 3.35. The summed E-state index contributed by atoms with van der Waals surface area (Å²) in [6, 6.07) is 16.4. The van der Waals surface area contributed by atoms with Crippen LogP contribution in [0.25, 0.3) is 0 Å². The van der Waals surface area contributed by atoms with Gasteiger partial charge in [-0.05, 0) is 37.1 Å². The van der Waals surface area contributed by atoms with E-state index in [0.717, 1.165) is 35.8 Å². The maximum Gasteiger partial charge on any atom is 0.231 e. The molecule has 29 heavy (non-hydrogen) atoms. The molecule has 0 fully saturated rings. The smallest absolute Gasteiger partial charge is 0.231 e. The molecule has 0 spiro atoms. The van der Waals surface area contributed by atoms with Gasteiger partial charge in [0.2, 0.25) is 6.79 Å². The maximum atomic E-state index is 10.00. The van der Waals surface area contributed by atoms with Crippen LogP contribution < -0.4 is 9.47 Å². The Bertz CT molecular complexity index is 953. The number of hydrogen-bond acceptors (Lipinski definition) is 5. The van der Waals surface area contributed by atoms with Gasteiger partial charge in [0.15, 0.2) is 11.5 Å². The molecule has 2 aromatic carbocycles. The Balaban J connectivity index is 1.48. The molecule has 4 rings (SSSR count). The monoisotopic (exact) mass is 393 g/mol. The summed E-state index contributed by atoms with van der Waals surface area (Å²) in [5.74, 6) is 1.57. The fourth-order valence-corrected chi connectivity index (χ4v) is 3.65. The average molecular weight is 393 g/mol. The molecule has 6 nitrogen and oxygen atoms in total. The number of nitrogens with zero attached hydrogens (tertiary/aromatic N) is 3. The van der Waals surface area contributed by atoms with Gasteiger partial charge in [0, 0.05) is 30.9 Å². The minimum Gasteiger partial charge on any atom is -0.454 e. The molecule has 152 valence electrons. The number of fused-ring (bicyclic) bond motifs is 1. The predicted molar refractivity (Wildman–Crippen MR) is 111 cm³/mol. The van der Waals surface area contributed by atoms with Gasteiger partial charge in [-0.15, -0.1) is 0 Å². The van der Waals surface area contributed by atoms with Crippen molar-refractivity contribution in [2.45, 2.75) is 39.6 Å². The van der Waals surface area contributed by atoms with E-state index in [0.29, 0.717) is 13.1 Å². The van der Waals surface area contributed by atoms with Crippen molar-refractivity contribution in [3.8, 4) is 11.5 Å². The van der Waals surface area contributed by atoms with Crippen molar-refractivity contribution in [1.29, 1.82) is 0 Å². The zero-order valence-corrected chi connectivity index (χ0v) is 16.9. The molecular formula is C23H27N3O3. The van der Waals surface area contributed by atoms with Crippen molar-refractivity contribution < 1.29 is 14.6 Å². The molecule has 3 aromatic rings. The molecule has 1 N–H and O–H groups in total. The number of rotatable bonds is 8. The van der Waals surface area contributed by atoms with Gasteiger partial charge in [0.25, 0.3) is 0 Å². The molecule has 1 atom stereocenters. The van der Waals surface area contributed by atoms with Crippen molar-refractivity contribution in [2.75, 3.05) is 13.3 Å². The molecule has 2 heterocycles. The molecule has 0 saturated carbocycles. The highest BCUT2D eigenvalue weighted by Gasteiger charge is 2.17. The van der Waals surface area contributed by atoms with Crippen LogP contribution in [0.5, 0.6) is 11.5 Å². The molecule has 0 aliphatic carbocycles. The van der Waals surface area contributed by atoms with Gasteiger partial charge in [0.05, 0.1) is 18.8 Å². The average Bonchev–Trinajstić information content (AvgIpc) is 3.30. The second kappa shape index (κ2) is 8.68. The normalized spacial score (nSPS) is 13.8. The van der Waals surface area contributed by atoms with E-state index in [1.54, 1.807) is 0 Å². The maximum absolute atomic E-state index is 10.00. The third kappa shape index (κ3) is 4.78. The third-order valence-electron chi connectivity index (χ3n) is 5.14. The largest absolute Gasteiger partial charge is 0.454 e. The van der Waals surface area contributed by atoms with E-state index >= 15 is 0 Å². The highest BCUT2D eigenvalue weighted by molar-refractivity contribution is 5.44. The highest BCUT2D eigenvalue weighted by atomic mass is 16.7. The molecule has 6 heteroatoms. The van der Waals surface area contributed by atoms with Gasteiger partial charge in [-0.1, -0.05) is 36.4 Å². The minimum absolute atomic E-state index is 0.274. The van der Waals surface area contributed by atoms with Gasteiger partial charge in [0.1, 0.15) is 0 Å². The Morgan fingerprint density at radius 3 is 2.66 bits per heavy atom. The highest BCUT2D eigenvalue weighted by Crippen LogP contribution is 2.33. The first-order chi connectivity index (χ1) is 14.1. The molecule has 0 radical (unpaired) electrons. The summed E-state index contributed by atoms with van der Waals surface area (Å²) >= 11 is 0. The topological polar surface area (TPSA) is 59.8 Å². The summed E-state index contributed by atoms with van der Waals surface area (Å²) in [4.78, 5) is 2.24. The van der Waals surface area contributed by atoms with Crippen LogP contribution in [0.1, 0.15) is 29.3 Å². The standard InChI is InChI=1S/C23H27N3O3/c1-17(27)12-25(13-20-8-9-22-23(10-20)29-16-28-22)15-21-11-24-26(18(21)2)14-19-6-4-3-5-7-19/h3-11,17,27H,12-16H2,1-2H3. The number of ether oxygens (including phenoxy) is 2. The lowest BCUT2D eigenvalue weighted by atomic mass is 10.1. The van der Waals surface area contributed by atoms with E-state index in [1.165, 1.54) is 11.1 Å². The van der Waals surface area contributed by atoms with E-state index in [-0.39, 0.29) is 6.79 Å². The van der Waals surface area contributed by atoms with Gasteiger partial charge in [-0.3, -0.25) is 9.58 Å². The minimum atomic E-state index is -0.413. The number of hydrogen-bond donors (Lipinski definition) is 1. The lowest BCUT2D eigenvalue weighted by molar-refractivity contribution is 0.118. The van der Waals surface area contributed by atoms with Gasteiger partial charge < -0.3 is 14.6 Å². The Labute approximate surface area is 171 Å². The number of aliphatic hydroxyl groups excluding tert-OH is 1. The van der Waals surface area contributed by atoms with E-state index in [9.17, 15) is 5.11 Å². The van der Waals surface area contributed by atoms with Crippen LogP contribution in [0.15, 0.2) is 54.7 Å². The quantitative estimate of drug-likeness (QED) is 0.636. The first-order valence-corrected chi connectivity index (χ1v) is 9.92. The van der Waals surface area contributed by atoms with Gasteiger partial charge in [-0.2, -0.15) is 5.10 Å². The van der Waals surface area contributed by atoms with Crippen LogP contribution in [0.2, 0.25) is 0 Å². The van der Waals surface area contributed by atoms with Gasteiger partial charge >= 0.3 is 0 Å². The summed E-state index contributed by atoms with van der Waals surface area (Å²) in [7, 11) is 0. The Morgan fingerprint density at radius 1 is 1.07 bits per heavy atom. The fourth-order valence-electron chi connectivity index (χ4n) is 3.65. The molecule has 0 saturated heterocycles. The summed E-state index contributed by atoms with van der Waals surface area (Å²) in [6.45, 7) is 6.97. The second-order valence-corrected chi connectivity index (χ2v) is 7.60. The summed E-state index contributed by atoms with van der Waals surface area (Å²) < 4.78 is 12.9. The Morgan fingerprint density at radius 2 is 1.86 bits per heavy atom. The van der Waals surface area contributed by atoms with Crippen LogP contribution in [0.3, 0.4) is 0 Å². The van der Waals surface area contributed by atoms with Crippen molar-refractivity contribution in [3.05, 3.63) is 77.1 Å². The zero-order chi connectivity index (χ0) is 20.2. The lowest BCUT2D eigenvalue weighted by Crippen LogP contribution is -2.30. The van der Waals surface area contributed by atoms with Crippen LogP contribution in [0.4, 0.5) is 0 Å². The number of benzene rings is 2. The SMILES string of the molecule is Cc1c(CN(Cc2ccc3c(c2)OCO3)CC(C)O)cnn1Cc1ccccc1. The van der Waals surface area contributed by atoms with Crippen LogP contribution >= 0.6 is 0 Å².